The number of hydrogen-bond donors (Lipinski definition) is 5. The van der Waals surface area contributed by atoms with Gasteiger partial charge in [0.15, 0.2) is 23.5 Å². The fourth-order valence-corrected chi connectivity index (χ4v) is 3.13. The number of guanidine groups is 1. The molecule has 0 bridgehead atoms. The van der Waals surface area contributed by atoms with E-state index in [1.54, 1.807) is 11.5 Å². The van der Waals surface area contributed by atoms with Crippen molar-refractivity contribution in [3.05, 3.63) is 18.6 Å². The van der Waals surface area contributed by atoms with Gasteiger partial charge in [0.05, 0.1) is 12.0 Å². The quantitative estimate of drug-likeness (QED) is 0.275. The van der Waals surface area contributed by atoms with Crippen molar-refractivity contribution in [3.63, 3.8) is 0 Å². The zero-order valence-electron chi connectivity index (χ0n) is 14.3. The third-order valence-corrected chi connectivity index (χ3v) is 4.31. The van der Waals surface area contributed by atoms with Crippen LogP contribution in [0.2, 0.25) is 0 Å². The van der Waals surface area contributed by atoms with Crippen molar-refractivity contribution in [1.29, 1.82) is 0 Å². The van der Waals surface area contributed by atoms with Gasteiger partial charge in [-0.3, -0.25) is 4.57 Å². The normalized spacial score (nSPS) is 31.6. The van der Waals surface area contributed by atoms with Crippen molar-refractivity contribution in [1.82, 2.24) is 14.9 Å². The molecule has 4 atom stereocenters. The van der Waals surface area contributed by atoms with Crippen molar-refractivity contribution in [2.24, 2.45) is 16.5 Å². The molecule has 0 aliphatic carbocycles. The second kappa shape index (κ2) is 5.64. The summed E-state index contributed by atoms with van der Waals surface area (Å²) in [5.41, 5.74) is 11.7. The van der Waals surface area contributed by atoms with Crippen molar-refractivity contribution in [2.75, 3.05) is 0 Å². The van der Waals surface area contributed by atoms with Gasteiger partial charge in [-0.05, 0) is 6.92 Å². The summed E-state index contributed by atoms with van der Waals surface area (Å²) in [5.74, 6) is 6.08. The molecule has 130 valence electrons. The Morgan fingerprint density at radius 2 is 2.24 bits per heavy atom. The van der Waals surface area contributed by atoms with Gasteiger partial charge in [-0.25, -0.2) is 4.98 Å². The summed E-state index contributed by atoms with van der Waals surface area (Å²) in [6.45, 7) is 5.46. The molecule has 3 heterocycles. The average Bonchev–Trinajstić information content (AvgIpc) is 3.00. The molecule has 3 rings (SSSR count). The summed E-state index contributed by atoms with van der Waals surface area (Å²) in [5, 5.41) is 22.5. The summed E-state index contributed by atoms with van der Waals surface area (Å²) < 4.78 is 7.47. The van der Waals surface area contributed by atoms with Crippen LogP contribution in [-0.2, 0) is 4.74 Å². The molecule has 11 heteroatoms. The summed E-state index contributed by atoms with van der Waals surface area (Å²) >= 11 is 0. The monoisotopic (exact) mass is 342 g/mol. The van der Waals surface area contributed by atoms with Crippen LogP contribution >= 0.6 is 0 Å². The number of aliphatic hydroxyl groups excluding tert-OH is 1. The van der Waals surface area contributed by atoms with E-state index < -0.39 is 29.4 Å². The molecule has 7 N–H and O–H groups in total. The van der Waals surface area contributed by atoms with Gasteiger partial charge in [-0.15, -0.1) is 5.92 Å². The summed E-state index contributed by atoms with van der Waals surface area (Å²) in [6.07, 6.45) is -1.63. The Morgan fingerprint density at radius 1 is 1.56 bits per heavy atom. The second-order valence-corrected chi connectivity index (χ2v) is 6.74. The molecular formula is C14H20B2N6O3. The van der Waals surface area contributed by atoms with E-state index in [0.29, 0.717) is 17.2 Å². The van der Waals surface area contributed by atoms with Crippen molar-refractivity contribution in [3.8, 4) is 11.8 Å². The molecule has 0 aromatic carbocycles. The van der Waals surface area contributed by atoms with Crippen molar-refractivity contribution >= 4 is 33.2 Å². The Bertz CT molecular complexity index is 821. The summed E-state index contributed by atoms with van der Waals surface area (Å²) in [7, 11) is 3.07. The minimum Gasteiger partial charge on any atom is -0.405 e. The maximum Gasteiger partial charge on any atom is 0.199 e. The van der Waals surface area contributed by atoms with Crippen LogP contribution in [-0.4, -0.2) is 64.6 Å². The number of nitrogens with zero attached hydrogens (tertiary/aromatic N) is 3. The highest BCUT2D eigenvalue weighted by Gasteiger charge is 2.58. The smallest absolute Gasteiger partial charge is 0.199 e. The molecule has 1 aromatic rings. The van der Waals surface area contributed by atoms with E-state index >= 15 is 0 Å². The Kier molecular flexibility index (Phi) is 3.96. The maximum atomic E-state index is 10.7. The van der Waals surface area contributed by atoms with Crippen molar-refractivity contribution < 1.29 is 14.9 Å². The van der Waals surface area contributed by atoms with E-state index in [1.165, 1.54) is 22.0 Å². The van der Waals surface area contributed by atoms with E-state index in [0.717, 1.165) is 0 Å². The summed E-state index contributed by atoms with van der Waals surface area (Å²) in [6, 6.07) is 0. The number of hydrogen-bond acceptors (Lipinski definition) is 8. The molecule has 2 unspecified atom stereocenters. The molecule has 9 nitrogen and oxygen atoms in total. The van der Waals surface area contributed by atoms with Crippen LogP contribution in [0.25, 0.3) is 5.70 Å². The Morgan fingerprint density at radius 3 is 2.84 bits per heavy atom. The van der Waals surface area contributed by atoms with Gasteiger partial charge in [0.1, 0.15) is 33.6 Å². The topological polar surface area (TPSA) is 144 Å². The van der Waals surface area contributed by atoms with Gasteiger partial charge >= 0.3 is 0 Å². The first kappa shape index (κ1) is 17.6. The van der Waals surface area contributed by atoms with Crippen LogP contribution in [0.4, 0.5) is 5.82 Å². The van der Waals surface area contributed by atoms with Crippen LogP contribution < -0.4 is 16.8 Å². The van der Waals surface area contributed by atoms with Crippen LogP contribution in [0.5, 0.6) is 0 Å². The minimum atomic E-state index is -1.47. The van der Waals surface area contributed by atoms with Crippen LogP contribution in [0.1, 0.15) is 18.8 Å². The van der Waals surface area contributed by atoms with Gasteiger partial charge in [-0.1, -0.05) is 12.5 Å². The number of ether oxygens (including phenoxy) is 1. The van der Waals surface area contributed by atoms with Gasteiger partial charge < -0.3 is 31.7 Å². The molecule has 1 aromatic heterocycles. The number of aliphatic imine (C=N–C) groups is 1. The highest BCUT2D eigenvalue weighted by atomic mass is 16.6. The molecule has 1 fully saturated rings. The fraction of sp³-hybridized carbons (Fsp3) is 0.429. The molecule has 0 amide bonds. The van der Waals surface area contributed by atoms with Gasteiger partial charge in [0, 0.05) is 5.40 Å². The number of nitrogens with two attached hydrogens (primary N) is 2. The SMILES string of the molecule is BC(B)(O)C1O[C@@H](n2cnc3c2N=C(N)NC3=C)[C@@](N)(C#CC)C1O. The Balaban J connectivity index is 2.13. The number of aromatic nitrogens is 2. The van der Waals surface area contributed by atoms with E-state index in [1.807, 2.05) is 0 Å². The molecule has 0 radical (unpaired) electrons. The highest BCUT2D eigenvalue weighted by molar-refractivity contribution is 6.39. The van der Waals surface area contributed by atoms with E-state index in [-0.39, 0.29) is 5.96 Å². The lowest BCUT2D eigenvalue weighted by molar-refractivity contribution is -0.0720. The van der Waals surface area contributed by atoms with Crippen LogP contribution in [0.3, 0.4) is 0 Å². The minimum absolute atomic E-state index is 0.154. The first-order valence-corrected chi connectivity index (χ1v) is 7.75. The number of fused-ring (bicyclic) bond motifs is 1. The third-order valence-electron chi connectivity index (χ3n) is 4.31. The number of nitrogens with one attached hydrogen (secondary N) is 1. The number of aliphatic hydroxyl groups is 2. The second-order valence-electron chi connectivity index (χ2n) is 6.74. The standard InChI is InChI=1S/C14H20B2N6O3/c1-3-4-13(18)8(23)9(14(15,16)24)25-11(13)22-5-19-7-6(2)20-12(17)21-10(7)22/h5,8-9,11,23-24H,2,15-16,18H2,1H3,(H3,17,20,21)/t8?,9?,11-,13-/m1/s1. The average molecular weight is 342 g/mol. The first-order chi connectivity index (χ1) is 11.6. The molecular weight excluding hydrogens is 322 g/mol. The molecule has 2 aliphatic heterocycles. The molecule has 0 saturated carbocycles. The highest BCUT2D eigenvalue weighted by Crippen LogP contribution is 2.42. The van der Waals surface area contributed by atoms with Gasteiger partial charge in [0.2, 0.25) is 0 Å². The van der Waals surface area contributed by atoms with E-state index in [4.69, 9.17) is 16.2 Å². The molecule has 1 saturated heterocycles. The number of imidazole rings is 1. The van der Waals surface area contributed by atoms with Crippen LogP contribution in [0, 0.1) is 11.8 Å². The zero-order valence-corrected chi connectivity index (χ0v) is 14.3. The predicted octanol–water partition coefficient (Wildman–Crippen LogP) is -3.71. The largest absolute Gasteiger partial charge is 0.405 e. The predicted molar refractivity (Wildman–Crippen MR) is 98.0 cm³/mol. The molecule has 0 spiro atoms. The third kappa shape index (κ3) is 2.63. The number of rotatable bonds is 2. The molecule has 25 heavy (non-hydrogen) atoms. The van der Waals surface area contributed by atoms with Crippen molar-refractivity contribution in [2.45, 2.75) is 36.3 Å². The lowest BCUT2D eigenvalue weighted by Gasteiger charge is -2.30. The fourth-order valence-electron chi connectivity index (χ4n) is 3.13. The lowest BCUT2D eigenvalue weighted by atomic mass is 9.60. The molecule has 2 aliphatic rings. The van der Waals surface area contributed by atoms with E-state index in [2.05, 4.69) is 33.7 Å². The van der Waals surface area contributed by atoms with Crippen LogP contribution in [0.15, 0.2) is 17.9 Å². The first-order valence-electron chi connectivity index (χ1n) is 7.75. The maximum absolute atomic E-state index is 10.7. The van der Waals surface area contributed by atoms with Gasteiger partial charge in [0.25, 0.3) is 0 Å². The van der Waals surface area contributed by atoms with E-state index in [9.17, 15) is 10.2 Å². The zero-order chi connectivity index (χ0) is 18.6. The Labute approximate surface area is 147 Å². The summed E-state index contributed by atoms with van der Waals surface area (Å²) in [4.78, 5) is 8.50. The lowest BCUT2D eigenvalue weighted by Crippen LogP contribution is -2.57. The Hall–Kier alpha value is -2.25. The van der Waals surface area contributed by atoms with Gasteiger partial charge in [-0.2, -0.15) is 4.99 Å².